The molecule has 0 saturated carbocycles. The normalized spacial score (nSPS) is 21.8. The minimum atomic E-state index is -0.203. The SMILES string of the molecule is CCNC(=NCC1CCN(Cc2nc(C)c(C)o2)CC1)N1CCCC(CC(N)=O)C1. The van der Waals surface area contributed by atoms with Crippen LogP contribution in [0.2, 0.25) is 0 Å². The highest BCUT2D eigenvalue weighted by Gasteiger charge is 2.25. The molecule has 1 aromatic rings. The molecule has 3 rings (SSSR count). The molecule has 2 aliphatic rings. The number of aliphatic imine (C=N–C) groups is 1. The first-order valence-electron chi connectivity index (χ1n) is 11.4. The number of carbonyl (C=O) groups excluding carboxylic acids is 1. The van der Waals surface area contributed by atoms with E-state index in [0.29, 0.717) is 18.3 Å². The van der Waals surface area contributed by atoms with E-state index in [2.05, 4.69) is 27.0 Å². The van der Waals surface area contributed by atoms with E-state index in [-0.39, 0.29) is 5.91 Å². The zero-order valence-corrected chi connectivity index (χ0v) is 18.8. The summed E-state index contributed by atoms with van der Waals surface area (Å²) >= 11 is 0. The van der Waals surface area contributed by atoms with E-state index < -0.39 is 0 Å². The van der Waals surface area contributed by atoms with Crippen LogP contribution in [0.1, 0.15) is 56.4 Å². The highest BCUT2D eigenvalue weighted by Crippen LogP contribution is 2.22. The molecule has 0 aromatic carbocycles. The molecule has 8 nitrogen and oxygen atoms in total. The molecule has 30 heavy (non-hydrogen) atoms. The number of hydrogen-bond acceptors (Lipinski definition) is 5. The highest BCUT2D eigenvalue weighted by atomic mass is 16.4. The fraction of sp³-hybridized carbons (Fsp3) is 0.773. The second-order valence-electron chi connectivity index (χ2n) is 8.79. The zero-order chi connectivity index (χ0) is 21.5. The van der Waals surface area contributed by atoms with Gasteiger partial charge in [-0.05, 0) is 71.4 Å². The van der Waals surface area contributed by atoms with Crippen LogP contribution in [0, 0.1) is 25.7 Å². The molecular weight excluding hydrogens is 380 g/mol. The molecular formula is C22H38N6O2. The van der Waals surface area contributed by atoms with Gasteiger partial charge in [-0.3, -0.25) is 14.7 Å². The first kappa shape index (κ1) is 22.6. The quantitative estimate of drug-likeness (QED) is 0.519. The Labute approximate surface area is 180 Å². The van der Waals surface area contributed by atoms with Gasteiger partial charge in [0.05, 0.1) is 12.2 Å². The number of nitrogens with zero attached hydrogens (tertiary/aromatic N) is 4. The molecule has 0 aliphatic carbocycles. The molecule has 2 aliphatic heterocycles. The molecule has 3 N–H and O–H groups in total. The standard InChI is InChI=1S/C22H38N6O2/c1-4-24-22(28-9-5-6-19(14-28)12-20(23)29)25-13-18-7-10-27(11-8-18)15-21-26-16(2)17(3)30-21/h18-19H,4-15H2,1-3H3,(H2,23,29)(H,24,25). The summed E-state index contributed by atoms with van der Waals surface area (Å²) in [5.41, 5.74) is 6.40. The Morgan fingerprint density at radius 3 is 2.63 bits per heavy atom. The Bertz CT molecular complexity index is 704. The minimum Gasteiger partial charge on any atom is -0.444 e. The number of aromatic nitrogens is 1. The average molecular weight is 419 g/mol. The van der Waals surface area contributed by atoms with Crippen LogP contribution in [0.4, 0.5) is 0 Å². The van der Waals surface area contributed by atoms with E-state index in [1.54, 1.807) is 0 Å². The fourth-order valence-electron chi connectivity index (χ4n) is 4.48. The number of carbonyl (C=O) groups is 1. The number of oxazole rings is 1. The lowest BCUT2D eigenvalue weighted by atomic mass is 9.94. The monoisotopic (exact) mass is 418 g/mol. The Morgan fingerprint density at radius 2 is 2.00 bits per heavy atom. The third-order valence-electron chi connectivity index (χ3n) is 6.28. The van der Waals surface area contributed by atoms with Crippen molar-refractivity contribution in [2.75, 3.05) is 39.3 Å². The molecule has 2 fully saturated rings. The number of guanidine groups is 1. The predicted octanol–water partition coefficient (Wildman–Crippen LogP) is 2.06. The number of aryl methyl sites for hydroxylation is 2. The molecule has 1 atom stereocenters. The topological polar surface area (TPSA) is 100.0 Å². The first-order chi connectivity index (χ1) is 14.4. The maximum Gasteiger partial charge on any atom is 0.217 e. The van der Waals surface area contributed by atoms with E-state index in [0.717, 1.165) is 94.8 Å². The number of amides is 1. The molecule has 0 spiro atoms. The molecule has 0 radical (unpaired) electrons. The Hall–Kier alpha value is -2.09. The van der Waals surface area contributed by atoms with Crippen molar-refractivity contribution in [1.29, 1.82) is 0 Å². The number of rotatable bonds is 7. The Morgan fingerprint density at radius 1 is 1.23 bits per heavy atom. The largest absolute Gasteiger partial charge is 0.444 e. The highest BCUT2D eigenvalue weighted by molar-refractivity contribution is 5.80. The maximum absolute atomic E-state index is 11.3. The number of nitrogens with two attached hydrogens (primary N) is 1. The zero-order valence-electron chi connectivity index (χ0n) is 18.8. The molecule has 1 aromatic heterocycles. The van der Waals surface area contributed by atoms with E-state index >= 15 is 0 Å². The van der Waals surface area contributed by atoms with Crippen molar-refractivity contribution < 1.29 is 9.21 Å². The molecule has 3 heterocycles. The van der Waals surface area contributed by atoms with Crippen LogP contribution in [0.25, 0.3) is 0 Å². The average Bonchev–Trinajstić information content (AvgIpc) is 3.03. The van der Waals surface area contributed by atoms with Gasteiger partial charge in [0.15, 0.2) is 5.96 Å². The lowest BCUT2D eigenvalue weighted by molar-refractivity contribution is -0.119. The second kappa shape index (κ2) is 10.8. The van der Waals surface area contributed by atoms with Gasteiger partial charge in [-0.25, -0.2) is 4.98 Å². The van der Waals surface area contributed by atoms with Crippen LogP contribution in [0.5, 0.6) is 0 Å². The van der Waals surface area contributed by atoms with E-state index in [9.17, 15) is 4.79 Å². The van der Waals surface area contributed by atoms with Crippen molar-refractivity contribution in [1.82, 2.24) is 20.1 Å². The summed E-state index contributed by atoms with van der Waals surface area (Å²) in [4.78, 5) is 25.5. The summed E-state index contributed by atoms with van der Waals surface area (Å²) in [7, 11) is 0. The summed E-state index contributed by atoms with van der Waals surface area (Å²) in [6.45, 7) is 12.5. The van der Waals surface area contributed by atoms with Crippen LogP contribution in [0.3, 0.4) is 0 Å². The third kappa shape index (κ3) is 6.45. The van der Waals surface area contributed by atoms with E-state index in [1.807, 2.05) is 13.8 Å². The number of hydrogen-bond donors (Lipinski definition) is 2. The van der Waals surface area contributed by atoms with Gasteiger partial charge in [-0.2, -0.15) is 0 Å². The fourth-order valence-corrected chi connectivity index (χ4v) is 4.48. The van der Waals surface area contributed by atoms with Gasteiger partial charge in [0.2, 0.25) is 11.8 Å². The predicted molar refractivity (Wildman–Crippen MR) is 118 cm³/mol. The van der Waals surface area contributed by atoms with Gasteiger partial charge in [-0.1, -0.05) is 0 Å². The maximum atomic E-state index is 11.3. The third-order valence-corrected chi connectivity index (χ3v) is 6.28. The van der Waals surface area contributed by atoms with Crippen molar-refractivity contribution in [2.45, 2.75) is 59.4 Å². The Balaban J connectivity index is 1.48. The van der Waals surface area contributed by atoms with Crippen LogP contribution < -0.4 is 11.1 Å². The minimum absolute atomic E-state index is 0.203. The van der Waals surface area contributed by atoms with Gasteiger partial charge in [0, 0.05) is 32.6 Å². The van der Waals surface area contributed by atoms with Gasteiger partial charge in [0.25, 0.3) is 0 Å². The van der Waals surface area contributed by atoms with E-state index in [1.165, 1.54) is 0 Å². The van der Waals surface area contributed by atoms with Crippen LogP contribution in [-0.2, 0) is 11.3 Å². The number of primary amides is 1. The van der Waals surface area contributed by atoms with Crippen molar-refractivity contribution in [2.24, 2.45) is 22.6 Å². The van der Waals surface area contributed by atoms with Crippen molar-refractivity contribution in [3.05, 3.63) is 17.3 Å². The second-order valence-corrected chi connectivity index (χ2v) is 8.79. The smallest absolute Gasteiger partial charge is 0.217 e. The Kier molecular flexibility index (Phi) is 8.13. The van der Waals surface area contributed by atoms with Gasteiger partial charge in [-0.15, -0.1) is 0 Å². The molecule has 1 unspecified atom stereocenters. The molecule has 1 amide bonds. The van der Waals surface area contributed by atoms with Crippen LogP contribution in [-0.4, -0.2) is 65.9 Å². The van der Waals surface area contributed by atoms with Gasteiger partial charge >= 0.3 is 0 Å². The van der Waals surface area contributed by atoms with Crippen LogP contribution >= 0.6 is 0 Å². The molecule has 0 bridgehead atoms. The van der Waals surface area contributed by atoms with Crippen molar-refractivity contribution >= 4 is 11.9 Å². The molecule has 2 saturated heterocycles. The van der Waals surface area contributed by atoms with Crippen LogP contribution in [0.15, 0.2) is 9.41 Å². The summed E-state index contributed by atoms with van der Waals surface area (Å²) in [5.74, 6) is 3.47. The number of likely N-dealkylation sites (tertiary alicyclic amines) is 2. The summed E-state index contributed by atoms with van der Waals surface area (Å²) < 4.78 is 5.73. The number of piperidine rings is 2. The summed E-state index contributed by atoms with van der Waals surface area (Å²) in [6, 6.07) is 0. The lowest BCUT2D eigenvalue weighted by Crippen LogP contribution is -2.47. The first-order valence-corrected chi connectivity index (χ1v) is 11.4. The van der Waals surface area contributed by atoms with Crippen molar-refractivity contribution in [3.8, 4) is 0 Å². The van der Waals surface area contributed by atoms with Gasteiger partial charge < -0.3 is 20.4 Å². The van der Waals surface area contributed by atoms with Crippen molar-refractivity contribution in [3.63, 3.8) is 0 Å². The molecule has 168 valence electrons. The van der Waals surface area contributed by atoms with E-state index in [4.69, 9.17) is 15.1 Å². The number of nitrogens with one attached hydrogen (secondary N) is 1. The lowest BCUT2D eigenvalue weighted by Gasteiger charge is -2.35. The summed E-state index contributed by atoms with van der Waals surface area (Å²) in [6.07, 6.45) is 4.91. The van der Waals surface area contributed by atoms with Gasteiger partial charge in [0.1, 0.15) is 5.76 Å². The summed E-state index contributed by atoms with van der Waals surface area (Å²) in [5, 5.41) is 3.44. The molecule has 8 heteroatoms.